The molecule has 0 aliphatic heterocycles. The topological polar surface area (TPSA) is 105 Å². The van der Waals surface area contributed by atoms with Crippen LogP contribution in [0.5, 0.6) is 0 Å². The fourth-order valence-electron chi connectivity index (χ4n) is 2.30. The summed E-state index contributed by atoms with van der Waals surface area (Å²) < 4.78 is 26.0. The summed E-state index contributed by atoms with van der Waals surface area (Å²) in [5.74, 6) is -1.68. The van der Waals surface area contributed by atoms with E-state index in [0.29, 0.717) is 12.8 Å². The summed E-state index contributed by atoms with van der Waals surface area (Å²) in [6.45, 7) is 1.85. The molecule has 0 bridgehead atoms. The number of benzene rings is 1. The van der Waals surface area contributed by atoms with Crippen molar-refractivity contribution < 1.29 is 23.1 Å². The summed E-state index contributed by atoms with van der Waals surface area (Å²) in [4.78, 5) is 23.4. The van der Waals surface area contributed by atoms with Gasteiger partial charge in [0.05, 0.1) is 10.5 Å². The molecular weight excluding hydrogens is 332 g/mol. The third-order valence-corrected chi connectivity index (χ3v) is 5.69. The van der Waals surface area contributed by atoms with Crippen molar-refractivity contribution in [2.45, 2.75) is 30.2 Å². The fourth-order valence-corrected chi connectivity index (χ4v) is 3.50. The molecule has 1 aromatic heterocycles. The Kier molecular flexibility index (Phi) is 3.71. The molecule has 2 aromatic rings. The normalized spacial score (nSPS) is 15.7. The predicted octanol–water partition coefficient (Wildman–Crippen LogP) is 1.38. The van der Waals surface area contributed by atoms with Gasteiger partial charge >= 0.3 is 5.97 Å². The first-order valence-electron chi connectivity index (χ1n) is 7.31. The van der Waals surface area contributed by atoms with Crippen LogP contribution < -0.4 is 5.32 Å². The van der Waals surface area contributed by atoms with Crippen LogP contribution in [-0.4, -0.2) is 34.9 Å². The van der Waals surface area contributed by atoms with Gasteiger partial charge in [-0.1, -0.05) is 17.7 Å². The lowest BCUT2D eigenvalue weighted by Gasteiger charge is -2.11. The summed E-state index contributed by atoms with van der Waals surface area (Å²) in [6, 6.07) is 7.71. The summed E-state index contributed by atoms with van der Waals surface area (Å²) >= 11 is 0. The van der Waals surface area contributed by atoms with E-state index in [9.17, 15) is 18.0 Å². The average molecular weight is 348 g/mol. The van der Waals surface area contributed by atoms with Crippen LogP contribution in [0.1, 0.15) is 28.8 Å². The van der Waals surface area contributed by atoms with Crippen LogP contribution in [0, 0.1) is 6.92 Å². The largest absolute Gasteiger partial charge is 0.480 e. The molecular formula is C16H16N2O5S. The number of carbonyl (C=O) groups excluding carboxylic acids is 1. The van der Waals surface area contributed by atoms with Crippen molar-refractivity contribution in [1.29, 1.82) is 0 Å². The number of carbonyl (C=O) groups is 2. The van der Waals surface area contributed by atoms with E-state index in [1.165, 1.54) is 30.6 Å². The predicted molar refractivity (Wildman–Crippen MR) is 85.3 cm³/mol. The van der Waals surface area contributed by atoms with Crippen LogP contribution in [0.25, 0.3) is 0 Å². The first-order valence-corrected chi connectivity index (χ1v) is 8.75. The van der Waals surface area contributed by atoms with Gasteiger partial charge in [-0.15, -0.1) is 0 Å². The van der Waals surface area contributed by atoms with Crippen LogP contribution in [0.2, 0.25) is 0 Å². The smallest absolute Gasteiger partial charge is 0.329 e. The van der Waals surface area contributed by atoms with E-state index in [4.69, 9.17) is 5.11 Å². The van der Waals surface area contributed by atoms with Crippen LogP contribution >= 0.6 is 0 Å². The highest BCUT2D eigenvalue weighted by Gasteiger charge is 2.51. The maximum absolute atomic E-state index is 12.5. The number of carboxylic acid groups (broad SMARTS) is 1. The zero-order valence-corrected chi connectivity index (χ0v) is 13.7. The Morgan fingerprint density at radius 2 is 1.79 bits per heavy atom. The molecule has 0 unspecified atom stereocenters. The molecule has 7 nitrogen and oxygen atoms in total. The maximum atomic E-state index is 12.5. The minimum Gasteiger partial charge on any atom is -0.480 e. The van der Waals surface area contributed by atoms with Gasteiger partial charge in [0.15, 0.2) is 0 Å². The SMILES string of the molecule is Cc1ccc(S(=O)(=O)n2ccc(C(=O)NC3(C(=O)O)CC3)c2)cc1. The number of aromatic nitrogens is 1. The first kappa shape index (κ1) is 16.3. The molecule has 8 heteroatoms. The molecule has 1 heterocycles. The molecule has 24 heavy (non-hydrogen) atoms. The van der Waals surface area contributed by atoms with E-state index in [1.54, 1.807) is 12.1 Å². The number of amides is 1. The van der Waals surface area contributed by atoms with Crippen LogP contribution in [-0.2, 0) is 14.8 Å². The fraction of sp³-hybridized carbons (Fsp3) is 0.250. The molecule has 1 aromatic carbocycles. The van der Waals surface area contributed by atoms with Crippen molar-refractivity contribution in [3.8, 4) is 0 Å². The van der Waals surface area contributed by atoms with Gasteiger partial charge < -0.3 is 10.4 Å². The molecule has 1 aliphatic rings. The van der Waals surface area contributed by atoms with Crippen LogP contribution in [0.4, 0.5) is 0 Å². The Labute approximate surface area is 139 Å². The van der Waals surface area contributed by atoms with Gasteiger partial charge in [-0.25, -0.2) is 17.2 Å². The van der Waals surface area contributed by atoms with Gasteiger partial charge in [0, 0.05) is 12.4 Å². The number of nitrogens with zero attached hydrogens (tertiary/aromatic N) is 1. The highest BCUT2D eigenvalue weighted by Crippen LogP contribution is 2.35. The average Bonchev–Trinajstić information content (AvgIpc) is 3.13. The highest BCUT2D eigenvalue weighted by atomic mass is 32.2. The lowest BCUT2D eigenvalue weighted by Crippen LogP contribution is -2.42. The summed E-state index contributed by atoms with van der Waals surface area (Å²) in [7, 11) is -3.79. The van der Waals surface area contributed by atoms with E-state index >= 15 is 0 Å². The standard InChI is InChI=1S/C16H16N2O5S/c1-11-2-4-13(5-3-11)24(22,23)18-9-6-12(10-18)14(19)17-16(7-8-16)15(20)21/h2-6,9-10H,7-8H2,1H3,(H,17,19)(H,20,21). The molecule has 1 saturated carbocycles. The Balaban J connectivity index is 1.84. The Hall–Kier alpha value is -2.61. The Morgan fingerprint density at radius 3 is 2.33 bits per heavy atom. The van der Waals surface area contributed by atoms with Crippen molar-refractivity contribution in [1.82, 2.24) is 9.29 Å². The number of nitrogens with one attached hydrogen (secondary N) is 1. The van der Waals surface area contributed by atoms with Crippen molar-refractivity contribution in [2.75, 3.05) is 0 Å². The monoisotopic (exact) mass is 348 g/mol. The van der Waals surface area contributed by atoms with Gasteiger partial charge in [0.2, 0.25) is 0 Å². The van der Waals surface area contributed by atoms with Gasteiger partial charge in [0.25, 0.3) is 15.9 Å². The number of hydrogen-bond acceptors (Lipinski definition) is 4. The zero-order valence-electron chi connectivity index (χ0n) is 12.9. The first-order chi connectivity index (χ1) is 11.2. The second kappa shape index (κ2) is 5.48. The molecule has 1 fully saturated rings. The Morgan fingerprint density at radius 1 is 1.17 bits per heavy atom. The molecule has 3 rings (SSSR count). The zero-order chi connectivity index (χ0) is 17.5. The van der Waals surface area contributed by atoms with Gasteiger partial charge in [-0.2, -0.15) is 0 Å². The van der Waals surface area contributed by atoms with E-state index in [0.717, 1.165) is 9.54 Å². The molecule has 1 amide bonds. The lowest BCUT2D eigenvalue weighted by atomic mass is 10.2. The van der Waals surface area contributed by atoms with Crippen LogP contribution in [0.15, 0.2) is 47.6 Å². The van der Waals surface area contributed by atoms with Crippen molar-refractivity contribution in [2.24, 2.45) is 0 Å². The molecule has 126 valence electrons. The quantitative estimate of drug-likeness (QED) is 0.849. The number of carboxylic acids is 1. The van der Waals surface area contributed by atoms with Gasteiger partial charge in [-0.3, -0.25) is 4.79 Å². The van der Waals surface area contributed by atoms with E-state index in [1.807, 2.05) is 6.92 Å². The molecule has 0 radical (unpaired) electrons. The van der Waals surface area contributed by atoms with E-state index < -0.39 is 27.4 Å². The molecule has 0 atom stereocenters. The van der Waals surface area contributed by atoms with Crippen molar-refractivity contribution in [3.63, 3.8) is 0 Å². The maximum Gasteiger partial charge on any atom is 0.329 e. The number of hydrogen-bond donors (Lipinski definition) is 2. The summed E-state index contributed by atoms with van der Waals surface area (Å²) in [5.41, 5.74) is -0.183. The lowest BCUT2D eigenvalue weighted by molar-refractivity contribution is -0.140. The van der Waals surface area contributed by atoms with E-state index in [2.05, 4.69) is 5.32 Å². The van der Waals surface area contributed by atoms with Crippen molar-refractivity contribution in [3.05, 3.63) is 53.9 Å². The number of rotatable bonds is 5. The summed E-state index contributed by atoms with van der Waals surface area (Å²) in [5, 5.41) is 11.5. The van der Waals surface area contributed by atoms with Gasteiger partial charge in [0.1, 0.15) is 5.54 Å². The number of aliphatic carboxylic acids is 1. The second-order valence-corrected chi connectivity index (χ2v) is 7.73. The minimum absolute atomic E-state index is 0.0956. The van der Waals surface area contributed by atoms with Gasteiger partial charge in [-0.05, 0) is 38.0 Å². The Bertz CT molecular complexity index is 908. The number of aryl methyl sites for hydroxylation is 1. The molecule has 0 saturated heterocycles. The second-order valence-electron chi connectivity index (χ2n) is 5.89. The third-order valence-electron chi connectivity index (χ3n) is 4.04. The van der Waals surface area contributed by atoms with Crippen LogP contribution in [0.3, 0.4) is 0 Å². The molecule has 0 spiro atoms. The third kappa shape index (κ3) is 2.80. The van der Waals surface area contributed by atoms with Crippen molar-refractivity contribution >= 4 is 21.9 Å². The summed E-state index contributed by atoms with van der Waals surface area (Å²) in [6.07, 6.45) is 3.19. The molecule has 2 N–H and O–H groups in total. The molecule has 1 aliphatic carbocycles. The van der Waals surface area contributed by atoms with E-state index in [-0.39, 0.29) is 10.5 Å². The minimum atomic E-state index is -3.79. The highest BCUT2D eigenvalue weighted by molar-refractivity contribution is 7.90.